The lowest BCUT2D eigenvalue weighted by molar-refractivity contribution is -0.122. The first-order chi connectivity index (χ1) is 11.6. The number of nitrogens with two attached hydrogens (primary N) is 1. The molecule has 1 aliphatic carbocycles. The van der Waals surface area contributed by atoms with Crippen molar-refractivity contribution in [2.24, 2.45) is 11.7 Å². The van der Waals surface area contributed by atoms with E-state index in [1.54, 1.807) is 12.3 Å². The van der Waals surface area contributed by atoms with Gasteiger partial charge in [0.1, 0.15) is 5.69 Å². The average molecular weight is 330 g/mol. The Kier molecular flexibility index (Phi) is 5.33. The van der Waals surface area contributed by atoms with Crippen molar-refractivity contribution in [2.45, 2.75) is 51.0 Å². The van der Waals surface area contributed by atoms with Crippen LogP contribution in [0.3, 0.4) is 0 Å². The molecule has 0 spiro atoms. The number of hydrogen-bond acceptors (Lipinski definition) is 4. The minimum atomic E-state index is -0.504. The summed E-state index contributed by atoms with van der Waals surface area (Å²) in [6.07, 6.45) is 8.98. The van der Waals surface area contributed by atoms with Crippen LogP contribution in [0.15, 0.2) is 18.3 Å². The van der Waals surface area contributed by atoms with Crippen molar-refractivity contribution in [3.05, 3.63) is 24.0 Å². The van der Waals surface area contributed by atoms with Gasteiger partial charge in [-0.2, -0.15) is 0 Å². The van der Waals surface area contributed by atoms with E-state index in [2.05, 4.69) is 15.2 Å². The Morgan fingerprint density at radius 2 is 1.92 bits per heavy atom. The van der Waals surface area contributed by atoms with Crippen LogP contribution in [0.4, 0.5) is 5.69 Å². The normalized spacial score (nSPS) is 19.4. The van der Waals surface area contributed by atoms with Crippen molar-refractivity contribution in [1.29, 1.82) is 0 Å². The molecule has 0 radical (unpaired) electrons. The van der Waals surface area contributed by atoms with Crippen LogP contribution in [0.5, 0.6) is 0 Å². The Balaban J connectivity index is 1.47. The molecule has 24 heavy (non-hydrogen) atoms. The van der Waals surface area contributed by atoms with Crippen LogP contribution in [0, 0.1) is 5.92 Å². The third kappa shape index (κ3) is 4.24. The zero-order valence-corrected chi connectivity index (χ0v) is 14.0. The summed E-state index contributed by atoms with van der Waals surface area (Å²) in [6, 6.07) is 4.05. The summed E-state index contributed by atoms with van der Waals surface area (Å²) in [6.45, 7) is 1.78. The number of primary amides is 1. The second-order valence-corrected chi connectivity index (χ2v) is 6.95. The Morgan fingerprint density at radius 1 is 1.21 bits per heavy atom. The molecule has 0 unspecified atom stereocenters. The molecular weight excluding hydrogens is 304 g/mol. The molecule has 2 fully saturated rings. The van der Waals surface area contributed by atoms with E-state index in [0.29, 0.717) is 24.1 Å². The first-order valence-electron chi connectivity index (χ1n) is 8.92. The number of anilines is 1. The van der Waals surface area contributed by atoms with Crippen molar-refractivity contribution in [1.82, 2.24) is 10.3 Å². The fraction of sp³-hybridized carbons (Fsp3) is 0.611. The van der Waals surface area contributed by atoms with Crippen molar-refractivity contribution in [2.75, 3.05) is 18.0 Å². The lowest BCUT2D eigenvalue weighted by Crippen LogP contribution is -2.38. The molecule has 1 aromatic rings. The van der Waals surface area contributed by atoms with Crippen LogP contribution in [-0.2, 0) is 4.79 Å². The van der Waals surface area contributed by atoms with Gasteiger partial charge in [0.15, 0.2) is 0 Å². The fourth-order valence-corrected chi connectivity index (χ4v) is 3.77. The summed E-state index contributed by atoms with van der Waals surface area (Å²) in [4.78, 5) is 29.6. The number of carbonyl (C=O) groups excluding carboxylic acids is 2. The molecule has 3 N–H and O–H groups in total. The average Bonchev–Trinajstić information content (AvgIpc) is 3.08. The lowest BCUT2D eigenvalue weighted by Gasteiger charge is -2.33. The standard InChI is InChI=1S/C18H26N4O2/c19-18(24)16-12-15(5-8-20-16)22-9-6-13(7-10-22)11-17(23)21-14-3-1-2-4-14/h5,8,12-14H,1-4,6-7,9-11H2,(H2,19,24)(H,21,23). The van der Waals surface area contributed by atoms with Crippen LogP contribution in [0.2, 0.25) is 0 Å². The van der Waals surface area contributed by atoms with Gasteiger partial charge in [0, 0.05) is 37.4 Å². The van der Waals surface area contributed by atoms with Crippen molar-refractivity contribution >= 4 is 17.5 Å². The van der Waals surface area contributed by atoms with E-state index >= 15 is 0 Å². The summed E-state index contributed by atoms with van der Waals surface area (Å²) < 4.78 is 0. The molecule has 1 saturated heterocycles. The highest BCUT2D eigenvalue weighted by Crippen LogP contribution is 2.26. The number of aromatic nitrogens is 1. The lowest BCUT2D eigenvalue weighted by atomic mass is 9.92. The van der Waals surface area contributed by atoms with Gasteiger partial charge in [0.05, 0.1) is 0 Å². The van der Waals surface area contributed by atoms with Gasteiger partial charge in [-0.1, -0.05) is 12.8 Å². The third-order valence-electron chi connectivity index (χ3n) is 5.17. The number of amides is 2. The zero-order chi connectivity index (χ0) is 16.9. The third-order valence-corrected chi connectivity index (χ3v) is 5.17. The number of pyridine rings is 1. The van der Waals surface area contributed by atoms with E-state index in [1.807, 2.05) is 6.07 Å². The smallest absolute Gasteiger partial charge is 0.267 e. The van der Waals surface area contributed by atoms with Gasteiger partial charge in [-0.25, -0.2) is 0 Å². The molecule has 6 nitrogen and oxygen atoms in total. The van der Waals surface area contributed by atoms with Gasteiger partial charge in [-0.15, -0.1) is 0 Å². The van der Waals surface area contributed by atoms with Gasteiger partial charge >= 0.3 is 0 Å². The quantitative estimate of drug-likeness (QED) is 0.862. The Morgan fingerprint density at radius 3 is 2.58 bits per heavy atom. The molecule has 6 heteroatoms. The SMILES string of the molecule is NC(=O)c1cc(N2CCC(CC(=O)NC3CCCC3)CC2)ccn1. The molecular formula is C18H26N4O2. The van der Waals surface area contributed by atoms with E-state index in [-0.39, 0.29) is 5.91 Å². The van der Waals surface area contributed by atoms with Gasteiger partial charge < -0.3 is 16.0 Å². The molecule has 2 heterocycles. The van der Waals surface area contributed by atoms with E-state index in [9.17, 15) is 9.59 Å². The van der Waals surface area contributed by atoms with E-state index < -0.39 is 5.91 Å². The van der Waals surface area contributed by atoms with E-state index in [0.717, 1.165) is 44.5 Å². The van der Waals surface area contributed by atoms with E-state index in [1.165, 1.54) is 12.8 Å². The maximum atomic E-state index is 12.2. The summed E-state index contributed by atoms with van der Waals surface area (Å²) >= 11 is 0. The largest absolute Gasteiger partial charge is 0.371 e. The predicted octanol–water partition coefficient (Wildman–Crippen LogP) is 1.85. The van der Waals surface area contributed by atoms with Crippen LogP contribution in [0.1, 0.15) is 55.4 Å². The number of piperidine rings is 1. The number of carbonyl (C=O) groups is 2. The summed E-state index contributed by atoms with van der Waals surface area (Å²) in [5, 5.41) is 3.18. The molecule has 1 saturated carbocycles. The molecule has 3 rings (SSSR count). The summed E-state index contributed by atoms with van der Waals surface area (Å²) in [5.41, 5.74) is 6.57. The highest BCUT2D eigenvalue weighted by molar-refractivity contribution is 5.91. The first-order valence-corrected chi connectivity index (χ1v) is 8.92. The van der Waals surface area contributed by atoms with Crippen LogP contribution >= 0.6 is 0 Å². The van der Waals surface area contributed by atoms with Crippen LogP contribution < -0.4 is 16.0 Å². The fourth-order valence-electron chi connectivity index (χ4n) is 3.77. The predicted molar refractivity (Wildman–Crippen MR) is 92.7 cm³/mol. The molecule has 2 amide bonds. The highest BCUT2D eigenvalue weighted by atomic mass is 16.2. The maximum Gasteiger partial charge on any atom is 0.267 e. The van der Waals surface area contributed by atoms with Gasteiger partial charge in [0.2, 0.25) is 5.91 Å². The Labute approximate surface area is 142 Å². The van der Waals surface area contributed by atoms with Gasteiger partial charge in [-0.3, -0.25) is 14.6 Å². The number of nitrogens with one attached hydrogen (secondary N) is 1. The Bertz CT molecular complexity index is 590. The molecule has 2 aliphatic rings. The number of nitrogens with zero attached hydrogens (tertiary/aromatic N) is 2. The first kappa shape index (κ1) is 16.7. The van der Waals surface area contributed by atoms with Crippen molar-refractivity contribution < 1.29 is 9.59 Å². The van der Waals surface area contributed by atoms with Crippen molar-refractivity contribution in [3.8, 4) is 0 Å². The van der Waals surface area contributed by atoms with E-state index in [4.69, 9.17) is 5.73 Å². The monoisotopic (exact) mass is 330 g/mol. The van der Waals surface area contributed by atoms with Gasteiger partial charge in [-0.05, 0) is 43.7 Å². The van der Waals surface area contributed by atoms with Crippen LogP contribution in [0.25, 0.3) is 0 Å². The van der Waals surface area contributed by atoms with Crippen molar-refractivity contribution in [3.63, 3.8) is 0 Å². The molecule has 1 aromatic heterocycles. The molecule has 0 aromatic carbocycles. The minimum Gasteiger partial charge on any atom is -0.371 e. The topological polar surface area (TPSA) is 88.3 Å². The molecule has 130 valence electrons. The molecule has 0 bridgehead atoms. The summed E-state index contributed by atoms with van der Waals surface area (Å²) in [7, 11) is 0. The van der Waals surface area contributed by atoms with Crippen LogP contribution in [-0.4, -0.2) is 35.9 Å². The molecule has 0 atom stereocenters. The number of hydrogen-bond donors (Lipinski definition) is 2. The summed E-state index contributed by atoms with van der Waals surface area (Å²) in [5.74, 6) is 0.149. The minimum absolute atomic E-state index is 0.209. The van der Waals surface area contributed by atoms with Gasteiger partial charge in [0.25, 0.3) is 5.91 Å². The Hall–Kier alpha value is -2.11. The zero-order valence-electron chi connectivity index (χ0n) is 14.0. The highest BCUT2D eigenvalue weighted by Gasteiger charge is 2.24. The number of rotatable bonds is 5. The second kappa shape index (κ2) is 7.64. The molecule has 1 aliphatic heterocycles. The second-order valence-electron chi connectivity index (χ2n) is 6.95. The maximum absolute atomic E-state index is 12.2.